The number of nitrogens with two attached hydrogens (primary N) is 1. The number of aromatic nitrogens is 4. The van der Waals surface area contributed by atoms with Gasteiger partial charge in [-0.2, -0.15) is 4.37 Å². The molecule has 0 unspecified atom stereocenters. The van der Waals surface area contributed by atoms with Crippen molar-refractivity contribution in [2.75, 3.05) is 5.73 Å². The Morgan fingerprint density at radius 3 is 3.00 bits per heavy atom. The van der Waals surface area contributed by atoms with Crippen molar-refractivity contribution in [2.24, 2.45) is 0 Å². The molecule has 2 aromatic heterocycles. The highest BCUT2D eigenvalue weighted by Gasteiger charge is 2.03. The third-order valence-corrected chi connectivity index (χ3v) is 3.89. The first-order valence-electron chi connectivity index (χ1n) is 3.32. The maximum Gasteiger partial charge on any atom is 0.203 e. The van der Waals surface area contributed by atoms with Gasteiger partial charge in [0, 0.05) is 0 Å². The largest absolute Gasteiger partial charge is 0.374 e. The lowest BCUT2D eigenvalue weighted by molar-refractivity contribution is 1.05. The monoisotopic (exact) mass is 231 g/mol. The summed E-state index contributed by atoms with van der Waals surface area (Å²) in [4.78, 5) is 4.03. The Morgan fingerprint density at radius 2 is 2.38 bits per heavy atom. The van der Waals surface area contributed by atoms with Gasteiger partial charge in [-0.25, -0.2) is 4.98 Å². The van der Waals surface area contributed by atoms with Crippen molar-refractivity contribution in [3.63, 3.8) is 0 Å². The molecule has 0 saturated carbocycles. The zero-order chi connectivity index (χ0) is 9.10. The lowest BCUT2D eigenvalue weighted by Gasteiger charge is -1.89. The molecular weight excluding hydrogens is 226 g/mol. The third-order valence-electron chi connectivity index (χ3n) is 1.14. The van der Waals surface area contributed by atoms with Crippen molar-refractivity contribution in [1.82, 2.24) is 19.6 Å². The van der Waals surface area contributed by atoms with E-state index in [0.29, 0.717) is 5.13 Å². The molecule has 68 valence electrons. The predicted molar refractivity (Wildman–Crippen MR) is 53.8 cm³/mol. The smallest absolute Gasteiger partial charge is 0.203 e. The number of hydrogen-bond donors (Lipinski definition) is 1. The summed E-state index contributed by atoms with van der Waals surface area (Å²) in [5.41, 5.74) is 5.44. The van der Waals surface area contributed by atoms with Crippen LogP contribution in [0.4, 0.5) is 5.13 Å². The van der Waals surface area contributed by atoms with Gasteiger partial charge in [-0.05, 0) is 11.5 Å². The van der Waals surface area contributed by atoms with Gasteiger partial charge < -0.3 is 5.73 Å². The van der Waals surface area contributed by atoms with E-state index in [9.17, 15) is 0 Å². The highest BCUT2D eigenvalue weighted by Crippen LogP contribution is 2.24. The molecule has 0 amide bonds. The molecule has 2 N–H and O–H groups in total. The van der Waals surface area contributed by atoms with Crippen LogP contribution >= 0.6 is 34.6 Å². The summed E-state index contributed by atoms with van der Waals surface area (Å²) in [5, 5.41) is 9.03. The third kappa shape index (κ3) is 2.36. The fraction of sp³-hybridized carbons (Fsp3) is 0.200. The Morgan fingerprint density at radius 1 is 1.46 bits per heavy atom. The van der Waals surface area contributed by atoms with Crippen molar-refractivity contribution >= 4 is 39.8 Å². The molecule has 0 aromatic carbocycles. The predicted octanol–water partition coefficient (Wildman–Crippen LogP) is 1.26. The van der Waals surface area contributed by atoms with Gasteiger partial charge >= 0.3 is 0 Å². The van der Waals surface area contributed by atoms with Gasteiger partial charge in [0.05, 0.1) is 5.75 Å². The van der Waals surface area contributed by atoms with Gasteiger partial charge in [0.2, 0.25) is 5.13 Å². The molecule has 0 spiro atoms. The minimum atomic E-state index is 0.507. The second-order valence-electron chi connectivity index (χ2n) is 2.03. The summed E-state index contributed by atoms with van der Waals surface area (Å²) in [5.74, 6) is 0.754. The maximum atomic E-state index is 5.44. The van der Waals surface area contributed by atoms with E-state index in [1.807, 2.05) is 0 Å². The van der Waals surface area contributed by atoms with Crippen molar-refractivity contribution in [3.05, 3.63) is 11.3 Å². The number of nitrogen functional groups attached to an aromatic ring is 1. The first-order chi connectivity index (χ1) is 6.34. The van der Waals surface area contributed by atoms with Crippen molar-refractivity contribution in [2.45, 2.75) is 10.1 Å². The summed E-state index contributed by atoms with van der Waals surface area (Å²) >= 11 is 4.37. The van der Waals surface area contributed by atoms with Crippen molar-refractivity contribution in [3.8, 4) is 0 Å². The van der Waals surface area contributed by atoms with Gasteiger partial charge in [0.25, 0.3) is 0 Å². The molecule has 0 aliphatic carbocycles. The molecule has 0 fully saturated rings. The minimum Gasteiger partial charge on any atom is -0.374 e. The standard InChI is InChI=1S/C5H5N5S3/c6-4-10-9-3(12-4)1-11-5-7-2-8-13-5/h2H,1H2,(H2,6,10). The Balaban J connectivity index is 1.93. The first-order valence-corrected chi connectivity index (χ1v) is 5.89. The molecule has 0 saturated heterocycles. The molecule has 0 atom stereocenters. The number of anilines is 1. The summed E-state index contributed by atoms with van der Waals surface area (Å²) in [6, 6.07) is 0. The summed E-state index contributed by atoms with van der Waals surface area (Å²) in [6.45, 7) is 0. The van der Waals surface area contributed by atoms with Crippen molar-refractivity contribution in [1.29, 1.82) is 0 Å². The Hall–Kier alpha value is -0.730. The van der Waals surface area contributed by atoms with Gasteiger partial charge in [0.1, 0.15) is 11.3 Å². The molecule has 2 rings (SSSR count). The highest BCUT2D eigenvalue weighted by molar-refractivity contribution is 8.00. The number of nitrogens with zero attached hydrogens (tertiary/aromatic N) is 4. The lowest BCUT2D eigenvalue weighted by Crippen LogP contribution is -1.80. The van der Waals surface area contributed by atoms with Crippen LogP contribution in [-0.2, 0) is 5.75 Å². The fourth-order valence-electron chi connectivity index (χ4n) is 0.675. The zero-order valence-corrected chi connectivity index (χ0v) is 8.82. The van der Waals surface area contributed by atoms with E-state index >= 15 is 0 Å². The SMILES string of the molecule is Nc1nnc(CSc2ncns2)s1. The minimum absolute atomic E-state index is 0.507. The summed E-state index contributed by atoms with van der Waals surface area (Å²) in [6.07, 6.45) is 1.54. The van der Waals surface area contributed by atoms with E-state index < -0.39 is 0 Å². The first kappa shape index (κ1) is 8.85. The number of hydrogen-bond acceptors (Lipinski definition) is 8. The van der Waals surface area contributed by atoms with E-state index in [2.05, 4.69) is 19.6 Å². The molecule has 5 nitrogen and oxygen atoms in total. The van der Waals surface area contributed by atoms with Crippen LogP contribution in [0.3, 0.4) is 0 Å². The van der Waals surface area contributed by atoms with E-state index in [1.165, 1.54) is 22.9 Å². The molecule has 0 radical (unpaired) electrons. The second-order valence-corrected chi connectivity index (χ2v) is 5.13. The van der Waals surface area contributed by atoms with Gasteiger partial charge in [-0.3, -0.25) is 0 Å². The molecule has 0 aliphatic rings. The summed E-state index contributed by atoms with van der Waals surface area (Å²) < 4.78 is 4.83. The van der Waals surface area contributed by atoms with Crippen LogP contribution < -0.4 is 5.73 Å². The fourth-order valence-corrected chi connectivity index (χ4v) is 2.71. The Labute approximate surface area is 86.6 Å². The second kappa shape index (κ2) is 3.99. The van der Waals surface area contributed by atoms with Gasteiger partial charge in [-0.15, -0.1) is 10.2 Å². The molecular formula is C5H5N5S3. The van der Waals surface area contributed by atoms with E-state index in [-0.39, 0.29) is 0 Å². The van der Waals surface area contributed by atoms with Crippen molar-refractivity contribution < 1.29 is 0 Å². The van der Waals surface area contributed by atoms with Crippen LogP contribution in [0, 0.1) is 0 Å². The highest BCUT2D eigenvalue weighted by atomic mass is 32.2. The Kier molecular flexibility index (Phi) is 2.71. The average molecular weight is 231 g/mol. The molecule has 0 aliphatic heterocycles. The van der Waals surface area contributed by atoms with Gasteiger partial charge in [-0.1, -0.05) is 23.1 Å². The number of thioether (sulfide) groups is 1. The normalized spacial score (nSPS) is 10.5. The van der Waals surface area contributed by atoms with E-state index in [4.69, 9.17) is 5.73 Å². The van der Waals surface area contributed by atoms with Crippen LogP contribution in [0.1, 0.15) is 5.01 Å². The van der Waals surface area contributed by atoms with Crippen LogP contribution in [-0.4, -0.2) is 19.6 Å². The molecule has 13 heavy (non-hydrogen) atoms. The lowest BCUT2D eigenvalue weighted by atomic mass is 10.9. The quantitative estimate of drug-likeness (QED) is 0.801. The number of rotatable bonds is 3. The van der Waals surface area contributed by atoms with Crippen LogP contribution in [0.15, 0.2) is 10.7 Å². The molecule has 2 aromatic rings. The van der Waals surface area contributed by atoms with Gasteiger partial charge in [0.15, 0.2) is 4.34 Å². The molecule has 8 heteroatoms. The van der Waals surface area contributed by atoms with E-state index in [1.54, 1.807) is 18.1 Å². The molecule has 0 bridgehead atoms. The Bertz CT molecular complexity index is 369. The topological polar surface area (TPSA) is 77.6 Å². The summed E-state index contributed by atoms with van der Waals surface area (Å²) in [7, 11) is 0. The van der Waals surface area contributed by atoms with Crippen LogP contribution in [0.25, 0.3) is 0 Å². The molecule has 2 heterocycles. The van der Waals surface area contributed by atoms with Crippen LogP contribution in [0.2, 0.25) is 0 Å². The zero-order valence-electron chi connectivity index (χ0n) is 6.38. The van der Waals surface area contributed by atoms with Crippen LogP contribution in [0.5, 0.6) is 0 Å². The van der Waals surface area contributed by atoms with E-state index in [0.717, 1.165) is 15.1 Å². The average Bonchev–Trinajstić information content (AvgIpc) is 2.71. The maximum absolute atomic E-state index is 5.44.